The first kappa shape index (κ1) is 16.3. The number of benzene rings is 1. The van der Waals surface area contributed by atoms with Crippen LogP contribution in [0.2, 0.25) is 0 Å². The molecular weight excluding hydrogens is 323 g/mol. The zero-order chi connectivity index (χ0) is 14.5. The molecule has 0 saturated carbocycles. The minimum Gasteiger partial charge on any atom is -0.496 e. The Labute approximate surface area is 119 Å². The maximum absolute atomic E-state index is 12.4. The summed E-state index contributed by atoms with van der Waals surface area (Å²) in [6.07, 6.45) is -4.96. The fourth-order valence-electron chi connectivity index (χ4n) is 1.89. The van der Waals surface area contributed by atoms with Gasteiger partial charge in [-0.1, -0.05) is 28.9 Å². The van der Waals surface area contributed by atoms with E-state index in [1.165, 1.54) is 7.11 Å². The van der Waals surface area contributed by atoms with Gasteiger partial charge in [0.05, 0.1) is 7.11 Å². The molecule has 1 unspecified atom stereocenters. The summed E-state index contributed by atoms with van der Waals surface area (Å²) in [4.78, 5) is 0. The van der Waals surface area contributed by atoms with Gasteiger partial charge in [-0.3, -0.25) is 0 Å². The van der Waals surface area contributed by atoms with Crippen molar-refractivity contribution in [1.82, 2.24) is 5.32 Å². The van der Waals surface area contributed by atoms with Crippen molar-refractivity contribution in [1.29, 1.82) is 0 Å². The second kappa shape index (κ2) is 7.14. The van der Waals surface area contributed by atoms with Crippen molar-refractivity contribution in [2.45, 2.75) is 32.0 Å². The molecule has 108 valence electrons. The predicted octanol–water partition coefficient (Wildman–Crippen LogP) is 4.45. The topological polar surface area (TPSA) is 21.3 Å². The molecule has 0 aliphatic carbocycles. The van der Waals surface area contributed by atoms with Gasteiger partial charge < -0.3 is 10.1 Å². The highest BCUT2D eigenvalue weighted by Crippen LogP contribution is 2.33. The van der Waals surface area contributed by atoms with Gasteiger partial charge in [-0.25, -0.2) is 0 Å². The Morgan fingerprint density at radius 1 is 1.37 bits per heavy atom. The van der Waals surface area contributed by atoms with E-state index in [4.69, 9.17) is 4.74 Å². The number of alkyl halides is 3. The smallest absolute Gasteiger partial charge is 0.389 e. The monoisotopic (exact) mass is 339 g/mol. The third-order valence-electron chi connectivity index (χ3n) is 2.74. The predicted molar refractivity (Wildman–Crippen MR) is 72.4 cm³/mol. The van der Waals surface area contributed by atoms with Crippen LogP contribution in [0.25, 0.3) is 0 Å². The number of rotatable bonds is 6. The molecule has 0 radical (unpaired) electrons. The van der Waals surface area contributed by atoms with E-state index in [9.17, 15) is 13.2 Å². The van der Waals surface area contributed by atoms with Gasteiger partial charge in [-0.05, 0) is 25.1 Å². The van der Waals surface area contributed by atoms with Crippen LogP contribution in [-0.2, 0) is 0 Å². The van der Waals surface area contributed by atoms with Crippen LogP contribution in [0, 0.1) is 0 Å². The van der Waals surface area contributed by atoms with Crippen molar-refractivity contribution in [2.24, 2.45) is 0 Å². The van der Waals surface area contributed by atoms with Crippen LogP contribution in [0.1, 0.15) is 31.4 Å². The van der Waals surface area contributed by atoms with Gasteiger partial charge >= 0.3 is 6.18 Å². The zero-order valence-corrected chi connectivity index (χ0v) is 12.4. The van der Waals surface area contributed by atoms with E-state index in [1.807, 2.05) is 6.92 Å². The Kier molecular flexibility index (Phi) is 6.13. The van der Waals surface area contributed by atoms with Crippen LogP contribution in [0.4, 0.5) is 13.2 Å². The number of methoxy groups -OCH3 is 1. The molecular formula is C13H17BrF3NO. The number of halogens is 4. The van der Waals surface area contributed by atoms with Gasteiger partial charge in [0.2, 0.25) is 0 Å². The van der Waals surface area contributed by atoms with Crippen molar-refractivity contribution in [3.05, 3.63) is 28.2 Å². The van der Waals surface area contributed by atoms with E-state index in [2.05, 4.69) is 21.2 Å². The average Bonchev–Trinajstić information content (AvgIpc) is 2.33. The summed E-state index contributed by atoms with van der Waals surface area (Å²) in [5.74, 6) is 0.586. The highest BCUT2D eigenvalue weighted by atomic mass is 79.9. The van der Waals surface area contributed by atoms with Crippen LogP contribution in [0.5, 0.6) is 5.75 Å². The van der Waals surface area contributed by atoms with Crippen molar-refractivity contribution >= 4 is 15.9 Å². The highest BCUT2D eigenvalue weighted by molar-refractivity contribution is 9.10. The van der Waals surface area contributed by atoms with Gasteiger partial charge in [-0.2, -0.15) is 13.2 Å². The third kappa shape index (κ3) is 5.40. The minimum absolute atomic E-state index is 0.00463. The Balaban J connectivity index is 2.91. The lowest BCUT2D eigenvalue weighted by atomic mass is 10.0. The second-order valence-corrected chi connectivity index (χ2v) is 5.07. The third-order valence-corrected chi connectivity index (χ3v) is 3.23. The Morgan fingerprint density at radius 2 is 2.05 bits per heavy atom. The van der Waals surface area contributed by atoms with E-state index in [1.54, 1.807) is 18.2 Å². The number of ether oxygens (including phenoxy) is 1. The number of nitrogens with one attached hydrogen (secondary N) is 1. The van der Waals surface area contributed by atoms with Crippen molar-refractivity contribution < 1.29 is 17.9 Å². The lowest BCUT2D eigenvalue weighted by Crippen LogP contribution is -2.23. The van der Waals surface area contributed by atoms with E-state index in [0.717, 1.165) is 10.0 Å². The molecule has 0 fully saturated rings. The lowest BCUT2D eigenvalue weighted by molar-refractivity contribution is -0.136. The van der Waals surface area contributed by atoms with Crippen LogP contribution < -0.4 is 10.1 Å². The molecule has 0 amide bonds. The largest absolute Gasteiger partial charge is 0.496 e. The van der Waals surface area contributed by atoms with Crippen LogP contribution in [0.3, 0.4) is 0 Å². The molecule has 1 aromatic carbocycles. The Hall–Kier alpha value is -0.750. The van der Waals surface area contributed by atoms with Crippen LogP contribution in [0.15, 0.2) is 22.7 Å². The molecule has 0 bridgehead atoms. The van der Waals surface area contributed by atoms with Gasteiger partial charge in [0.25, 0.3) is 0 Å². The van der Waals surface area contributed by atoms with Gasteiger partial charge in [0.1, 0.15) is 5.75 Å². The molecule has 0 heterocycles. The molecule has 1 aromatic rings. The normalized spacial score (nSPS) is 13.4. The lowest BCUT2D eigenvalue weighted by Gasteiger charge is -2.21. The molecule has 6 heteroatoms. The quantitative estimate of drug-likeness (QED) is 0.826. The minimum atomic E-state index is -4.14. The first-order valence-electron chi connectivity index (χ1n) is 6.01. The summed E-state index contributed by atoms with van der Waals surface area (Å²) in [6.45, 7) is 2.47. The zero-order valence-electron chi connectivity index (χ0n) is 10.9. The van der Waals surface area contributed by atoms with Gasteiger partial charge in [0, 0.05) is 22.5 Å². The maximum atomic E-state index is 12.4. The summed E-state index contributed by atoms with van der Waals surface area (Å²) >= 11 is 3.32. The molecule has 1 rings (SSSR count). The first-order valence-corrected chi connectivity index (χ1v) is 6.80. The highest BCUT2D eigenvalue weighted by Gasteiger charge is 2.29. The van der Waals surface area contributed by atoms with Crippen molar-refractivity contribution in [2.75, 3.05) is 13.7 Å². The molecule has 0 saturated heterocycles. The van der Waals surface area contributed by atoms with E-state index < -0.39 is 12.6 Å². The Morgan fingerprint density at radius 3 is 2.58 bits per heavy atom. The van der Waals surface area contributed by atoms with Gasteiger partial charge in [-0.15, -0.1) is 0 Å². The number of hydrogen-bond acceptors (Lipinski definition) is 2. The molecule has 0 spiro atoms. The summed E-state index contributed by atoms with van der Waals surface area (Å²) in [6, 6.07) is 4.98. The van der Waals surface area contributed by atoms with E-state index >= 15 is 0 Å². The van der Waals surface area contributed by atoms with Crippen LogP contribution in [-0.4, -0.2) is 19.8 Å². The standard InChI is InChI=1S/C13H17BrF3NO/c1-3-18-11(6-7-13(15,16)17)10-5-4-9(14)8-12(10)19-2/h4-5,8,11,18H,3,6-7H2,1-2H3. The number of hydrogen-bond donors (Lipinski definition) is 1. The van der Waals surface area contributed by atoms with Gasteiger partial charge in [0.15, 0.2) is 0 Å². The summed E-state index contributed by atoms with van der Waals surface area (Å²) in [5, 5.41) is 3.07. The first-order chi connectivity index (χ1) is 8.87. The molecule has 2 nitrogen and oxygen atoms in total. The fourth-order valence-corrected chi connectivity index (χ4v) is 2.23. The SMILES string of the molecule is CCNC(CCC(F)(F)F)c1ccc(Br)cc1OC. The molecule has 1 atom stereocenters. The molecule has 0 aliphatic rings. The molecule has 1 N–H and O–H groups in total. The summed E-state index contributed by atoms with van der Waals surface area (Å²) < 4.78 is 43.1. The van der Waals surface area contributed by atoms with Crippen molar-refractivity contribution in [3.8, 4) is 5.75 Å². The second-order valence-electron chi connectivity index (χ2n) is 4.15. The van der Waals surface area contributed by atoms with E-state index in [-0.39, 0.29) is 12.5 Å². The summed E-state index contributed by atoms with van der Waals surface area (Å²) in [5.41, 5.74) is 0.747. The fraction of sp³-hybridized carbons (Fsp3) is 0.538. The van der Waals surface area contributed by atoms with Crippen LogP contribution >= 0.6 is 15.9 Å². The molecule has 19 heavy (non-hydrogen) atoms. The maximum Gasteiger partial charge on any atom is 0.389 e. The van der Waals surface area contributed by atoms with Crippen molar-refractivity contribution in [3.63, 3.8) is 0 Å². The Bertz CT molecular complexity index is 409. The molecule has 0 aliphatic heterocycles. The average molecular weight is 340 g/mol. The summed E-state index contributed by atoms with van der Waals surface area (Å²) in [7, 11) is 1.51. The van der Waals surface area contributed by atoms with E-state index in [0.29, 0.717) is 12.3 Å². The molecule has 0 aromatic heterocycles.